The van der Waals surface area contributed by atoms with E-state index >= 15 is 0 Å². The summed E-state index contributed by atoms with van der Waals surface area (Å²) in [5.41, 5.74) is 0.366. The Morgan fingerprint density at radius 2 is 2.00 bits per heavy atom. The number of nitro groups is 1. The zero-order valence-electron chi connectivity index (χ0n) is 8.84. The highest BCUT2D eigenvalue weighted by Crippen LogP contribution is 2.32. The highest BCUT2D eigenvalue weighted by Gasteiger charge is 2.21. The number of aliphatic hydroxyl groups is 1. The molecule has 0 saturated heterocycles. The molecule has 0 radical (unpaired) electrons. The molecule has 1 atom stereocenters. The van der Waals surface area contributed by atoms with E-state index < -0.39 is 16.9 Å². The number of rotatable bonds is 3. The van der Waals surface area contributed by atoms with Crippen LogP contribution in [-0.2, 0) is 0 Å². The van der Waals surface area contributed by atoms with Crippen molar-refractivity contribution >= 4 is 29.1 Å². The van der Waals surface area contributed by atoms with Crippen molar-refractivity contribution in [2.24, 2.45) is 0 Å². The first-order valence-corrected chi connectivity index (χ1v) is 5.62. The molecule has 1 aromatic heterocycles. The normalized spacial score (nSPS) is 12.4. The summed E-state index contributed by atoms with van der Waals surface area (Å²) in [7, 11) is 0. The molecule has 0 aliphatic heterocycles. The van der Waals surface area contributed by atoms with E-state index in [1.807, 2.05) is 0 Å². The van der Waals surface area contributed by atoms with Crippen LogP contribution in [0.1, 0.15) is 17.4 Å². The Labute approximate surface area is 112 Å². The maximum Gasteiger partial charge on any atom is 0.433 e. The van der Waals surface area contributed by atoms with E-state index in [4.69, 9.17) is 27.6 Å². The van der Waals surface area contributed by atoms with Gasteiger partial charge in [-0.15, -0.1) is 0 Å². The summed E-state index contributed by atoms with van der Waals surface area (Å²) in [5.74, 6) is -0.389. The Morgan fingerprint density at radius 3 is 2.56 bits per heavy atom. The molecule has 1 N–H and O–H groups in total. The first kappa shape index (κ1) is 12.9. The van der Waals surface area contributed by atoms with Gasteiger partial charge in [-0.2, -0.15) is 0 Å². The maximum atomic E-state index is 10.5. The van der Waals surface area contributed by atoms with Gasteiger partial charge in [-0.1, -0.05) is 29.3 Å². The van der Waals surface area contributed by atoms with Crippen LogP contribution in [0.25, 0.3) is 0 Å². The maximum absolute atomic E-state index is 10.5. The second-order valence-electron chi connectivity index (χ2n) is 3.50. The average molecular weight is 288 g/mol. The van der Waals surface area contributed by atoms with Crippen molar-refractivity contribution in [2.45, 2.75) is 6.10 Å². The summed E-state index contributed by atoms with van der Waals surface area (Å²) in [5, 5.41) is 21.2. The SMILES string of the molecule is O=[N+]([O-])c1ccc(C(O)c2ccc(Cl)cc2Cl)o1. The second-order valence-corrected chi connectivity index (χ2v) is 4.35. The molecule has 0 spiro atoms. The van der Waals surface area contributed by atoms with Crippen molar-refractivity contribution in [1.29, 1.82) is 0 Å². The van der Waals surface area contributed by atoms with Crippen molar-refractivity contribution in [3.63, 3.8) is 0 Å². The fraction of sp³-hybridized carbons (Fsp3) is 0.0909. The summed E-state index contributed by atoms with van der Waals surface area (Å²) in [6, 6.07) is 7.06. The molecule has 1 aromatic carbocycles. The van der Waals surface area contributed by atoms with Gasteiger partial charge in [-0.05, 0) is 18.2 Å². The molecule has 0 saturated carbocycles. The molecule has 0 amide bonds. The van der Waals surface area contributed by atoms with Crippen molar-refractivity contribution < 1.29 is 14.4 Å². The molecule has 2 aromatic rings. The summed E-state index contributed by atoms with van der Waals surface area (Å²) >= 11 is 11.7. The first-order chi connectivity index (χ1) is 8.49. The molecular weight excluding hydrogens is 281 g/mol. The van der Waals surface area contributed by atoms with Crippen LogP contribution in [0.2, 0.25) is 10.0 Å². The van der Waals surface area contributed by atoms with E-state index in [0.717, 1.165) is 0 Å². The van der Waals surface area contributed by atoms with E-state index in [1.54, 1.807) is 6.07 Å². The molecule has 18 heavy (non-hydrogen) atoms. The highest BCUT2D eigenvalue weighted by molar-refractivity contribution is 6.35. The fourth-order valence-corrected chi connectivity index (χ4v) is 1.98. The van der Waals surface area contributed by atoms with Gasteiger partial charge < -0.3 is 9.52 Å². The molecule has 2 rings (SSSR count). The summed E-state index contributed by atoms with van der Waals surface area (Å²) in [6.07, 6.45) is -1.18. The molecule has 1 heterocycles. The van der Waals surface area contributed by atoms with Gasteiger partial charge in [0, 0.05) is 15.6 Å². The van der Waals surface area contributed by atoms with E-state index in [9.17, 15) is 15.2 Å². The van der Waals surface area contributed by atoms with Crippen LogP contribution in [0, 0.1) is 10.1 Å². The minimum Gasteiger partial charge on any atom is -0.403 e. The second kappa shape index (κ2) is 4.97. The lowest BCUT2D eigenvalue weighted by Gasteiger charge is -2.09. The number of halogens is 2. The zero-order chi connectivity index (χ0) is 13.3. The van der Waals surface area contributed by atoms with Gasteiger partial charge in [0.1, 0.15) is 16.8 Å². The predicted octanol–water partition coefficient (Wildman–Crippen LogP) is 3.58. The molecule has 0 bridgehead atoms. The topological polar surface area (TPSA) is 76.5 Å². The third kappa shape index (κ3) is 2.48. The van der Waals surface area contributed by atoms with Crippen LogP contribution in [0.3, 0.4) is 0 Å². The lowest BCUT2D eigenvalue weighted by molar-refractivity contribution is -0.402. The monoisotopic (exact) mass is 287 g/mol. The lowest BCUT2D eigenvalue weighted by Crippen LogP contribution is -1.98. The molecule has 94 valence electrons. The molecule has 0 fully saturated rings. The van der Waals surface area contributed by atoms with E-state index in [1.165, 1.54) is 24.3 Å². The minimum absolute atomic E-state index is 0.0472. The number of nitrogens with zero attached hydrogens (tertiary/aromatic N) is 1. The van der Waals surface area contributed by atoms with Gasteiger partial charge in [-0.3, -0.25) is 10.1 Å². The molecule has 5 nitrogen and oxygen atoms in total. The van der Waals surface area contributed by atoms with E-state index in [0.29, 0.717) is 10.6 Å². The van der Waals surface area contributed by atoms with Crippen molar-refractivity contribution in [2.75, 3.05) is 0 Å². The van der Waals surface area contributed by atoms with Crippen LogP contribution < -0.4 is 0 Å². The quantitative estimate of drug-likeness (QED) is 0.691. The fourth-order valence-electron chi connectivity index (χ4n) is 1.46. The van der Waals surface area contributed by atoms with Crippen LogP contribution in [0.15, 0.2) is 34.7 Å². The first-order valence-electron chi connectivity index (χ1n) is 4.86. The minimum atomic E-state index is -1.18. The predicted molar refractivity (Wildman–Crippen MR) is 65.9 cm³/mol. The molecule has 7 heteroatoms. The van der Waals surface area contributed by atoms with Crippen LogP contribution >= 0.6 is 23.2 Å². The Morgan fingerprint density at radius 1 is 1.28 bits per heavy atom. The van der Waals surface area contributed by atoms with Gasteiger partial charge in [0.2, 0.25) is 0 Å². The third-order valence-electron chi connectivity index (χ3n) is 2.32. The number of aliphatic hydroxyl groups excluding tert-OH is 1. The summed E-state index contributed by atoms with van der Waals surface area (Å²) in [6.45, 7) is 0. The summed E-state index contributed by atoms with van der Waals surface area (Å²) in [4.78, 5) is 9.79. The Kier molecular flexibility index (Phi) is 3.56. The Bertz CT molecular complexity index is 596. The van der Waals surface area contributed by atoms with Gasteiger partial charge in [-0.25, -0.2) is 0 Å². The van der Waals surface area contributed by atoms with E-state index in [2.05, 4.69) is 0 Å². The number of benzene rings is 1. The largest absolute Gasteiger partial charge is 0.433 e. The van der Waals surface area contributed by atoms with Gasteiger partial charge in [0.05, 0.1) is 6.07 Å². The van der Waals surface area contributed by atoms with Crippen LogP contribution in [0.5, 0.6) is 0 Å². The standard InChI is InChI=1S/C11H7Cl2NO4/c12-6-1-2-7(8(13)5-6)11(15)9-3-4-10(18-9)14(16)17/h1-5,11,15H. The Hall–Kier alpha value is -1.56. The number of hydrogen-bond acceptors (Lipinski definition) is 4. The number of hydrogen-bond donors (Lipinski definition) is 1. The average Bonchev–Trinajstić information content (AvgIpc) is 2.77. The molecule has 0 aliphatic carbocycles. The van der Waals surface area contributed by atoms with Crippen LogP contribution in [0.4, 0.5) is 5.88 Å². The molecular formula is C11H7Cl2NO4. The molecule has 0 aliphatic rings. The van der Waals surface area contributed by atoms with Gasteiger partial charge in [0.25, 0.3) is 0 Å². The highest BCUT2D eigenvalue weighted by atomic mass is 35.5. The number of furan rings is 1. The molecule has 1 unspecified atom stereocenters. The third-order valence-corrected chi connectivity index (χ3v) is 2.88. The van der Waals surface area contributed by atoms with Crippen molar-refractivity contribution in [1.82, 2.24) is 0 Å². The zero-order valence-corrected chi connectivity index (χ0v) is 10.4. The van der Waals surface area contributed by atoms with Crippen molar-refractivity contribution in [3.05, 3.63) is 61.8 Å². The van der Waals surface area contributed by atoms with Gasteiger partial charge in [0.15, 0.2) is 0 Å². The lowest BCUT2D eigenvalue weighted by atomic mass is 10.1. The van der Waals surface area contributed by atoms with Gasteiger partial charge >= 0.3 is 5.88 Å². The van der Waals surface area contributed by atoms with Crippen molar-refractivity contribution in [3.8, 4) is 0 Å². The summed E-state index contributed by atoms with van der Waals surface area (Å²) < 4.78 is 4.91. The van der Waals surface area contributed by atoms with E-state index in [-0.39, 0.29) is 10.8 Å². The van der Waals surface area contributed by atoms with Crippen LogP contribution in [-0.4, -0.2) is 10.0 Å². The smallest absolute Gasteiger partial charge is 0.403 e. The Balaban J connectivity index is 2.35.